The van der Waals surface area contributed by atoms with E-state index in [1.807, 2.05) is 23.2 Å². The Morgan fingerprint density at radius 1 is 1.40 bits per heavy atom. The Hall–Kier alpha value is -2.41. The standard InChI is InChI=1S/C18H25N5O2/c19-7-6-16(24)21-12-14-4-1-2-9-23(14)17(25)10-13-11-22-18-15(13)5-3-8-20-18/h3,5,8,11,14H,1-2,4,6-7,9-10,12,19H2,(H,20,22)(H,21,24). The Kier molecular flexibility index (Phi) is 5.65. The molecule has 7 heteroatoms. The van der Waals surface area contributed by atoms with Gasteiger partial charge in [0.1, 0.15) is 5.65 Å². The summed E-state index contributed by atoms with van der Waals surface area (Å²) in [6.45, 7) is 1.59. The van der Waals surface area contributed by atoms with Gasteiger partial charge in [0.2, 0.25) is 11.8 Å². The number of aromatic nitrogens is 2. The van der Waals surface area contributed by atoms with Gasteiger partial charge in [-0.25, -0.2) is 4.98 Å². The summed E-state index contributed by atoms with van der Waals surface area (Å²) in [4.78, 5) is 33.8. The van der Waals surface area contributed by atoms with Crippen LogP contribution in [0.15, 0.2) is 24.5 Å². The van der Waals surface area contributed by atoms with Crippen molar-refractivity contribution < 1.29 is 9.59 Å². The van der Waals surface area contributed by atoms with Gasteiger partial charge in [0, 0.05) is 49.9 Å². The smallest absolute Gasteiger partial charge is 0.227 e. The van der Waals surface area contributed by atoms with Gasteiger partial charge >= 0.3 is 0 Å². The van der Waals surface area contributed by atoms with Crippen molar-refractivity contribution in [3.63, 3.8) is 0 Å². The van der Waals surface area contributed by atoms with Crippen molar-refractivity contribution >= 4 is 22.8 Å². The summed E-state index contributed by atoms with van der Waals surface area (Å²) in [6, 6.07) is 3.91. The fraction of sp³-hybridized carbons (Fsp3) is 0.500. The number of hydrogen-bond donors (Lipinski definition) is 3. The SMILES string of the molecule is NCCC(=O)NCC1CCCCN1C(=O)Cc1c[nH]c2ncccc12. The van der Waals surface area contributed by atoms with Crippen LogP contribution in [-0.2, 0) is 16.0 Å². The van der Waals surface area contributed by atoms with E-state index in [0.717, 1.165) is 42.4 Å². The Morgan fingerprint density at radius 2 is 2.28 bits per heavy atom. The van der Waals surface area contributed by atoms with Crippen LogP contribution in [0.3, 0.4) is 0 Å². The molecule has 0 spiro atoms. The zero-order valence-electron chi connectivity index (χ0n) is 14.3. The molecule has 0 aromatic carbocycles. The molecule has 3 rings (SSSR count). The summed E-state index contributed by atoms with van der Waals surface area (Å²) in [5, 5.41) is 3.88. The molecule has 134 valence electrons. The van der Waals surface area contributed by atoms with Gasteiger partial charge < -0.3 is 20.9 Å². The molecule has 2 aromatic heterocycles. The highest BCUT2D eigenvalue weighted by atomic mass is 16.2. The molecule has 1 atom stereocenters. The molecule has 25 heavy (non-hydrogen) atoms. The first kappa shape index (κ1) is 17.4. The van der Waals surface area contributed by atoms with Crippen molar-refractivity contribution in [2.75, 3.05) is 19.6 Å². The number of nitrogens with two attached hydrogens (primary N) is 1. The van der Waals surface area contributed by atoms with Crippen LogP contribution in [0.1, 0.15) is 31.2 Å². The maximum atomic E-state index is 12.8. The molecule has 7 nitrogen and oxygen atoms in total. The van der Waals surface area contributed by atoms with Crippen LogP contribution in [0.4, 0.5) is 0 Å². The topological polar surface area (TPSA) is 104 Å². The van der Waals surface area contributed by atoms with Gasteiger partial charge in [-0.1, -0.05) is 0 Å². The van der Waals surface area contributed by atoms with Crippen molar-refractivity contribution in [1.29, 1.82) is 0 Å². The molecule has 1 unspecified atom stereocenters. The van der Waals surface area contributed by atoms with Crippen LogP contribution in [0.25, 0.3) is 11.0 Å². The molecular formula is C18H25N5O2. The lowest BCUT2D eigenvalue weighted by molar-refractivity contribution is -0.134. The second-order valence-corrected chi connectivity index (χ2v) is 6.47. The fourth-order valence-corrected chi connectivity index (χ4v) is 3.42. The molecule has 0 aliphatic carbocycles. The minimum atomic E-state index is -0.0526. The summed E-state index contributed by atoms with van der Waals surface area (Å²) in [5.41, 5.74) is 7.16. The highest BCUT2D eigenvalue weighted by Crippen LogP contribution is 2.21. The molecule has 1 saturated heterocycles. The number of hydrogen-bond acceptors (Lipinski definition) is 4. The van der Waals surface area contributed by atoms with E-state index in [0.29, 0.717) is 25.9 Å². The molecular weight excluding hydrogens is 318 g/mol. The predicted molar refractivity (Wildman–Crippen MR) is 95.8 cm³/mol. The third-order valence-corrected chi connectivity index (χ3v) is 4.73. The number of amides is 2. The van der Waals surface area contributed by atoms with Crippen LogP contribution in [0, 0.1) is 0 Å². The van der Waals surface area contributed by atoms with E-state index in [9.17, 15) is 9.59 Å². The number of likely N-dealkylation sites (tertiary alicyclic amines) is 1. The number of aromatic amines is 1. The van der Waals surface area contributed by atoms with E-state index >= 15 is 0 Å². The fourth-order valence-electron chi connectivity index (χ4n) is 3.42. The first-order chi connectivity index (χ1) is 12.2. The van der Waals surface area contributed by atoms with Gasteiger partial charge in [-0.15, -0.1) is 0 Å². The number of carbonyl (C=O) groups excluding carboxylic acids is 2. The summed E-state index contributed by atoms with van der Waals surface area (Å²) in [5.74, 6) is 0.0469. The molecule has 1 aliphatic rings. The van der Waals surface area contributed by atoms with Crippen LogP contribution in [0.2, 0.25) is 0 Å². The third kappa shape index (κ3) is 4.17. The van der Waals surface area contributed by atoms with E-state index in [1.54, 1.807) is 6.20 Å². The Labute approximate surface area is 147 Å². The Bertz CT molecular complexity index is 742. The van der Waals surface area contributed by atoms with E-state index in [2.05, 4.69) is 15.3 Å². The molecule has 3 heterocycles. The lowest BCUT2D eigenvalue weighted by Crippen LogP contribution is -2.50. The largest absolute Gasteiger partial charge is 0.354 e. The van der Waals surface area contributed by atoms with Gasteiger partial charge in [0.15, 0.2) is 0 Å². The first-order valence-electron chi connectivity index (χ1n) is 8.86. The summed E-state index contributed by atoms with van der Waals surface area (Å²) in [7, 11) is 0. The third-order valence-electron chi connectivity index (χ3n) is 4.73. The quantitative estimate of drug-likeness (QED) is 0.726. The molecule has 4 N–H and O–H groups in total. The minimum absolute atomic E-state index is 0.0526. The van der Waals surface area contributed by atoms with Crippen molar-refractivity contribution in [3.8, 4) is 0 Å². The zero-order valence-corrected chi connectivity index (χ0v) is 14.3. The van der Waals surface area contributed by atoms with Gasteiger partial charge in [-0.05, 0) is 37.0 Å². The lowest BCUT2D eigenvalue weighted by Gasteiger charge is -2.36. The second kappa shape index (κ2) is 8.11. The lowest BCUT2D eigenvalue weighted by atomic mass is 10.0. The molecule has 0 radical (unpaired) electrons. The van der Waals surface area contributed by atoms with Crippen molar-refractivity contribution in [3.05, 3.63) is 30.1 Å². The number of rotatable bonds is 6. The second-order valence-electron chi connectivity index (χ2n) is 6.47. The first-order valence-corrected chi connectivity index (χ1v) is 8.86. The van der Waals surface area contributed by atoms with E-state index in [-0.39, 0.29) is 17.9 Å². The van der Waals surface area contributed by atoms with Gasteiger partial charge in [0.05, 0.1) is 6.42 Å². The number of piperidine rings is 1. The van der Waals surface area contributed by atoms with Crippen LogP contribution >= 0.6 is 0 Å². The average Bonchev–Trinajstić information content (AvgIpc) is 3.03. The number of nitrogens with one attached hydrogen (secondary N) is 2. The molecule has 2 amide bonds. The number of carbonyl (C=O) groups is 2. The normalized spacial score (nSPS) is 17.6. The summed E-state index contributed by atoms with van der Waals surface area (Å²) >= 11 is 0. The van der Waals surface area contributed by atoms with Crippen LogP contribution < -0.4 is 11.1 Å². The average molecular weight is 343 g/mol. The van der Waals surface area contributed by atoms with Crippen LogP contribution in [0.5, 0.6) is 0 Å². The predicted octanol–water partition coefficient (Wildman–Crippen LogP) is 0.952. The van der Waals surface area contributed by atoms with Gasteiger partial charge in [0.25, 0.3) is 0 Å². The number of nitrogens with zero attached hydrogens (tertiary/aromatic N) is 2. The Morgan fingerprint density at radius 3 is 3.12 bits per heavy atom. The van der Waals surface area contributed by atoms with E-state index in [1.165, 1.54) is 0 Å². The molecule has 1 fully saturated rings. The number of fused-ring (bicyclic) bond motifs is 1. The summed E-state index contributed by atoms with van der Waals surface area (Å²) < 4.78 is 0. The van der Waals surface area contributed by atoms with Crippen molar-refractivity contribution in [2.24, 2.45) is 5.73 Å². The monoisotopic (exact) mass is 343 g/mol. The zero-order chi connectivity index (χ0) is 17.6. The van der Waals surface area contributed by atoms with Crippen LogP contribution in [-0.4, -0.2) is 52.4 Å². The summed E-state index contributed by atoms with van der Waals surface area (Å²) in [6.07, 6.45) is 7.27. The highest BCUT2D eigenvalue weighted by Gasteiger charge is 2.27. The van der Waals surface area contributed by atoms with E-state index < -0.39 is 0 Å². The van der Waals surface area contributed by atoms with Gasteiger partial charge in [-0.3, -0.25) is 9.59 Å². The Balaban J connectivity index is 1.65. The maximum Gasteiger partial charge on any atom is 0.227 e. The van der Waals surface area contributed by atoms with Gasteiger partial charge in [-0.2, -0.15) is 0 Å². The highest BCUT2D eigenvalue weighted by molar-refractivity contribution is 5.87. The molecule has 0 bridgehead atoms. The molecule has 2 aromatic rings. The van der Waals surface area contributed by atoms with E-state index in [4.69, 9.17) is 5.73 Å². The minimum Gasteiger partial charge on any atom is -0.354 e. The molecule has 0 saturated carbocycles. The van der Waals surface area contributed by atoms with Crippen molar-refractivity contribution in [1.82, 2.24) is 20.2 Å². The van der Waals surface area contributed by atoms with Crippen molar-refractivity contribution in [2.45, 2.75) is 38.1 Å². The number of H-pyrrole nitrogens is 1. The maximum absolute atomic E-state index is 12.8. The number of pyridine rings is 1. The molecule has 1 aliphatic heterocycles.